The molecule has 0 atom stereocenters. The summed E-state index contributed by atoms with van der Waals surface area (Å²) in [5, 5.41) is 6.97. The van der Waals surface area contributed by atoms with Crippen LogP contribution in [0.25, 0.3) is 0 Å². The quantitative estimate of drug-likeness (QED) is 0.546. The highest BCUT2D eigenvalue weighted by atomic mass is 32.1. The van der Waals surface area contributed by atoms with Crippen LogP contribution in [0, 0.1) is 0 Å². The van der Waals surface area contributed by atoms with Crippen molar-refractivity contribution in [3.8, 4) is 0 Å². The molecule has 0 saturated heterocycles. The van der Waals surface area contributed by atoms with E-state index in [0.29, 0.717) is 16.3 Å². The summed E-state index contributed by atoms with van der Waals surface area (Å²) < 4.78 is 4.86. The van der Waals surface area contributed by atoms with E-state index in [-0.39, 0.29) is 24.5 Å². The van der Waals surface area contributed by atoms with Gasteiger partial charge in [0.25, 0.3) is 5.91 Å². The van der Waals surface area contributed by atoms with Crippen molar-refractivity contribution in [2.24, 2.45) is 0 Å². The Bertz CT molecular complexity index is 784. The van der Waals surface area contributed by atoms with Crippen LogP contribution >= 0.6 is 11.3 Å². The maximum atomic E-state index is 11.8. The SMILES string of the molecule is CC(=O)Nc1ccc(NC(=O)COC(=O)CCC(=O)c2cccs2)cc1. The van der Waals surface area contributed by atoms with Gasteiger partial charge in [0.05, 0.1) is 11.3 Å². The molecule has 2 rings (SSSR count). The van der Waals surface area contributed by atoms with E-state index >= 15 is 0 Å². The average Bonchev–Trinajstić information content (AvgIpc) is 3.14. The molecule has 2 N–H and O–H groups in total. The lowest BCUT2D eigenvalue weighted by molar-refractivity contribution is -0.147. The fourth-order valence-corrected chi connectivity index (χ4v) is 2.73. The van der Waals surface area contributed by atoms with Crippen molar-refractivity contribution in [3.63, 3.8) is 0 Å². The van der Waals surface area contributed by atoms with E-state index in [1.54, 1.807) is 41.8 Å². The lowest BCUT2D eigenvalue weighted by Gasteiger charge is -2.07. The number of benzene rings is 1. The number of nitrogens with one attached hydrogen (secondary N) is 2. The Balaban J connectivity index is 1.70. The van der Waals surface area contributed by atoms with E-state index in [1.807, 2.05) is 0 Å². The molecule has 1 heterocycles. The number of carbonyl (C=O) groups is 4. The first kappa shape index (κ1) is 19.3. The van der Waals surface area contributed by atoms with Gasteiger partial charge >= 0.3 is 5.97 Å². The minimum Gasteiger partial charge on any atom is -0.456 e. The molecule has 0 bridgehead atoms. The molecular weight excluding hydrogens is 356 g/mol. The molecule has 7 nitrogen and oxygen atoms in total. The standard InChI is InChI=1S/C18H18N2O5S/c1-12(21)19-13-4-6-14(7-5-13)20-17(23)11-25-18(24)9-8-15(22)16-3-2-10-26-16/h2-7,10H,8-9,11H2,1H3,(H,19,21)(H,20,23). The third-order valence-electron chi connectivity index (χ3n) is 3.21. The van der Waals surface area contributed by atoms with Gasteiger partial charge in [-0.3, -0.25) is 19.2 Å². The Morgan fingerprint density at radius 3 is 2.19 bits per heavy atom. The van der Waals surface area contributed by atoms with Crippen LogP contribution in [0.15, 0.2) is 41.8 Å². The molecule has 136 valence electrons. The summed E-state index contributed by atoms with van der Waals surface area (Å²) in [5.74, 6) is -1.41. The average molecular weight is 374 g/mol. The summed E-state index contributed by atoms with van der Waals surface area (Å²) in [6, 6.07) is 9.97. The minimum atomic E-state index is -0.605. The van der Waals surface area contributed by atoms with Gasteiger partial charge in [0.2, 0.25) is 5.91 Å². The van der Waals surface area contributed by atoms with Gasteiger partial charge in [-0.1, -0.05) is 6.07 Å². The number of amides is 2. The molecule has 0 aliphatic heterocycles. The molecule has 0 fully saturated rings. The highest BCUT2D eigenvalue weighted by molar-refractivity contribution is 7.12. The van der Waals surface area contributed by atoms with E-state index in [1.165, 1.54) is 18.3 Å². The van der Waals surface area contributed by atoms with Crippen molar-refractivity contribution in [2.75, 3.05) is 17.2 Å². The van der Waals surface area contributed by atoms with Gasteiger partial charge in [-0.2, -0.15) is 0 Å². The van der Waals surface area contributed by atoms with Crippen LogP contribution in [0.1, 0.15) is 29.4 Å². The van der Waals surface area contributed by atoms with Crippen LogP contribution in [0.2, 0.25) is 0 Å². The zero-order chi connectivity index (χ0) is 18.9. The monoisotopic (exact) mass is 374 g/mol. The van der Waals surface area contributed by atoms with Crippen molar-refractivity contribution in [1.29, 1.82) is 0 Å². The molecule has 2 aromatic rings. The van der Waals surface area contributed by atoms with E-state index in [9.17, 15) is 19.2 Å². The van der Waals surface area contributed by atoms with Gasteiger partial charge < -0.3 is 15.4 Å². The molecule has 26 heavy (non-hydrogen) atoms. The van der Waals surface area contributed by atoms with Gasteiger partial charge in [-0.05, 0) is 35.7 Å². The molecule has 0 saturated carbocycles. The maximum Gasteiger partial charge on any atom is 0.306 e. The number of rotatable bonds is 8. The Labute approximate surface area is 154 Å². The number of hydrogen-bond donors (Lipinski definition) is 2. The molecule has 2 amide bonds. The summed E-state index contributed by atoms with van der Waals surface area (Å²) in [6.07, 6.45) is -0.0268. The van der Waals surface area contributed by atoms with Gasteiger partial charge in [0.15, 0.2) is 12.4 Å². The Morgan fingerprint density at radius 1 is 0.962 bits per heavy atom. The molecule has 0 spiro atoms. The zero-order valence-electron chi connectivity index (χ0n) is 14.1. The number of thiophene rings is 1. The first-order valence-electron chi connectivity index (χ1n) is 7.84. The molecular formula is C18H18N2O5S. The highest BCUT2D eigenvalue weighted by Gasteiger charge is 2.12. The van der Waals surface area contributed by atoms with E-state index in [2.05, 4.69) is 10.6 Å². The van der Waals surface area contributed by atoms with E-state index in [4.69, 9.17) is 4.74 Å². The smallest absolute Gasteiger partial charge is 0.306 e. The topological polar surface area (TPSA) is 102 Å². The van der Waals surface area contributed by atoms with Crippen LogP contribution in [-0.2, 0) is 19.1 Å². The molecule has 0 aliphatic carbocycles. The summed E-state index contributed by atoms with van der Waals surface area (Å²) in [6.45, 7) is 0.970. The van der Waals surface area contributed by atoms with Gasteiger partial charge in [-0.25, -0.2) is 0 Å². The predicted octanol–water partition coefficient (Wildman–Crippen LogP) is 2.85. The molecule has 1 aromatic carbocycles. The van der Waals surface area contributed by atoms with Crippen LogP contribution in [0.4, 0.5) is 11.4 Å². The van der Waals surface area contributed by atoms with Crippen molar-refractivity contribution in [1.82, 2.24) is 0 Å². The van der Waals surface area contributed by atoms with Crippen molar-refractivity contribution in [2.45, 2.75) is 19.8 Å². The minimum absolute atomic E-state index is 0.0472. The lowest BCUT2D eigenvalue weighted by atomic mass is 10.2. The van der Waals surface area contributed by atoms with Crippen molar-refractivity contribution >= 4 is 46.3 Å². The number of hydrogen-bond acceptors (Lipinski definition) is 6. The number of ether oxygens (including phenoxy) is 1. The molecule has 8 heteroatoms. The molecule has 0 unspecified atom stereocenters. The van der Waals surface area contributed by atoms with Gasteiger partial charge in [-0.15, -0.1) is 11.3 Å². The second-order valence-corrected chi connectivity index (χ2v) is 6.32. The van der Waals surface area contributed by atoms with Crippen LogP contribution in [0.3, 0.4) is 0 Å². The normalized spacial score (nSPS) is 10.0. The Kier molecular flexibility index (Phi) is 7.04. The number of ketones is 1. The zero-order valence-corrected chi connectivity index (χ0v) is 14.9. The Morgan fingerprint density at radius 2 is 1.62 bits per heavy atom. The second-order valence-electron chi connectivity index (χ2n) is 5.37. The van der Waals surface area contributed by atoms with Crippen molar-refractivity contribution in [3.05, 3.63) is 46.7 Å². The third-order valence-corrected chi connectivity index (χ3v) is 4.12. The number of anilines is 2. The predicted molar refractivity (Wildman–Crippen MR) is 98.2 cm³/mol. The number of Topliss-reactive ketones (excluding diaryl/α,β-unsaturated/α-hetero) is 1. The number of carbonyl (C=O) groups excluding carboxylic acids is 4. The summed E-state index contributed by atoms with van der Waals surface area (Å²) in [4.78, 5) is 46.7. The number of esters is 1. The van der Waals surface area contributed by atoms with Crippen LogP contribution in [0.5, 0.6) is 0 Å². The molecule has 0 radical (unpaired) electrons. The lowest BCUT2D eigenvalue weighted by Crippen LogP contribution is -2.21. The molecule has 0 aliphatic rings. The van der Waals surface area contributed by atoms with Crippen molar-refractivity contribution < 1.29 is 23.9 Å². The summed E-state index contributed by atoms with van der Waals surface area (Å²) >= 11 is 1.32. The fraction of sp³-hybridized carbons (Fsp3) is 0.222. The second kappa shape index (κ2) is 9.47. The first-order valence-corrected chi connectivity index (χ1v) is 8.72. The van der Waals surface area contributed by atoms with Crippen LogP contribution in [-0.4, -0.2) is 30.2 Å². The third kappa shape index (κ3) is 6.48. The fourth-order valence-electron chi connectivity index (χ4n) is 2.03. The van der Waals surface area contributed by atoms with E-state index < -0.39 is 18.5 Å². The van der Waals surface area contributed by atoms with Gasteiger partial charge in [0, 0.05) is 24.7 Å². The highest BCUT2D eigenvalue weighted by Crippen LogP contribution is 2.14. The Hall–Kier alpha value is -3.00. The van der Waals surface area contributed by atoms with Gasteiger partial charge in [0.1, 0.15) is 0 Å². The van der Waals surface area contributed by atoms with E-state index in [0.717, 1.165) is 0 Å². The van der Waals surface area contributed by atoms with Crippen LogP contribution < -0.4 is 10.6 Å². The largest absolute Gasteiger partial charge is 0.456 e. The first-order chi connectivity index (χ1) is 12.4. The maximum absolute atomic E-state index is 11.8. The summed E-state index contributed by atoms with van der Waals surface area (Å²) in [7, 11) is 0. The summed E-state index contributed by atoms with van der Waals surface area (Å²) in [5.41, 5.74) is 1.12. The molecule has 1 aromatic heterocycles.